The standard InChI is InChI=1S/C14H13N3O3/c18-13-12-11(14(19)20)15-9-17(12)7-6-16(13)8-10-4-2-1-3-5-10/h1-5,9H,6-8H2,(H,19,20). The van der Waals surface area contributed by atoms with Crippen molar-refractivity contribution in [1.29, 1.82) is 0 Å². The molecule has 0 fully saturated rings. The Labute approximate surface area is 115 Å². The van der Waals surface area contributed by atoms with Gasteiger partial charge in [-0.15, -0.1) is 0 Å². The Hall–Kier alpha value is -2.63. The first-order chi connectivity index (χ1) is 9.66. The van der Waals surface area contributed by atoms with E-state index in [1.54, 1.807) is 9.47 Å². The number of amides is 1. The molecule has 1 amide bonds. The van der Waals surface area contributed by atoms with Gasteiger partial charge < -0.3 is 14.6 Å². The summed E-state index contributed by atoms with van der Waals surface area (Å²) in [5.74, 6) is -1.45. The molecule has 3 rings (SSSR count). The van der Waals surface area contributed by atoms with Crippen LogP contribution in [0.2, 0.25) is 0 Å². The molecule has 20 heavy (non-hydrogen) atoms. The van der Waals surface area contributed by atoms with Crippen molar-refractivity contribution in [3.63, 3.8) is 0 Å². The summed E-state index contributed by atoms with van der Waals surface area (Å²) in [4.78, 5) is 29.0. The van der Waals surface area contributed by atoms with Crippen molar-refractivity contribution in [2.75, 3.05) is 6.54 Å². The molecule has 0 radical (unpaired) electrons. The van der Waals surface area contributed by atoms with Gasteiger partial charge in [0.15, 0.2) is 5.69 Å². The van der Waals surface area contributed by atoms with Crippen molar-refractivity contribution in [2.24, 2.45) is 0 Å². The van der Waals surface area contributed by atoms with Gasteiger partial charge in [-0.2, -0.15) is 0 Å². The molecule has 1 N–H and O–H groups in total. The summed E-state index contributed by atoms with van der Waals surface area (Å²) in [6.45, 7) is 1.59. The number of carbonyl (C=O) groups excluding carboxylic acids is 1. The van der Waals surface area contributed by atoms with E-state index in [4.69, 9.17) is 5.11 Å². The highest BCUT2D eigenvalue weighted by Crippen LogP contribution is 2.18. The van der Waals surface area contributed by atoms with Crippen LogP contribution in [-0.2, 0) is 13.1 Å². The summed E-state index contributed by atoms with van der Waals surface area (Å²) in [5.41, 5.74) is 1.01. The maximum atomic E-state index is 12.4. The molecule has 0 aliphatic carbocycles. The number of carbonyl (C=O) groups is 2. The van der Waals surface area contributed by atoms with E-state index in [2.05, 4.69) is 4.98 Å². The predicted octanol–water partition coefficient (Wildman–Crippen LogP) is 1.24. The highest BCUT2D eigenvalue weighted by atomic mass is 16.4. The number of carboxylic acid groups (broad SMARTS) is 1. The summed E-state index contributed by atoms with van der Waals surface area (Å²) >= 11 is 0. The third-order valence-electron chi connectivity index (χ3n) is 3.36. The fraction of sp³-hybridized carbons (Fsp3) is 0.214. The van der Waals surface area contributed by atoms with Gasteiger partial charge in [-0.05, 0) is 5.56 Å². The number of benzene rings is 1. The maximum absolute atomic E-state index is 12.4. The van der Waals surface area contributed by atoms with Crippen LogP contribution in [0, 0.1) is 0 Å². The second-order valence-corrected chi connectivity index (χ2v) is 4.65. The summed E-state index contributed by atoms with van der Waals surface area (Å²) in [6.07, 6.45) is 1.41. The second-order valence-electron chi connectivity index (χ2n) is 4.65. The molecule has 1 aliphatic rings. The zero-order valence-corrected chi connectivity index (χ0v) is 10.7. The number of fused-ring (bicyclic) bond motifs is 1. The molecule has 0 spiro atoms. The lowest BCUT2D eigenvalue weighted by atomic mass is 10.1. The lowest BCUT2D eigenvalue weighted by molar-refractivity contribution is 0.0643. The first-order valence-corrected chi connectivity index (χ1v) is 6.28. The Morgan fingerprint density at radius 1 is 1.25 bits per heavy atom. The molecular weight excluding hydrogens is 258 g/mol. The van der Waals surface area contributed by atoms with Crippen molar-refractivity contribution < 1.29 is 14.7 Å². The molecule has 102 valence electrons. The minimum absolute atomic E-state index is 0.166. The number of aromatic carboxylic acids is 1. The van der Waals surface area contributed by atoms with Gasteiger partial charge in [0.2, 0.25) is 0 Å². The van der Waals surface area contributed by atoms with Gasteiger partial charge >= 0.3 is 5.97 Å². The molecule has 6 heteroatoms. The molecule has 1 aliphatic heterocycles. The summed E-state index contributed by atoms with van der Waals surface area (Å²) in [5, 5.41) is 9.08. The van der Waals surface area contributed by atoms with Gasteiger partial charge in [0.1, 0.15) is 5.69 Å². The number of hydrogen-bond donors (Lipinski definition) is 1. The molecule has 0 unspecified atom stereocenters. The molecule has 0 saturated carbocycles. The van der Waals surface area contributed by atoms with Crippen LogP contribution in [0.15, 0.2) is 36.7 Å². The first kappa shape index (κ1) is 12.4. The van der Waals surface area contributed by atoms with Gasteiger partial charge in [0, 0.05) is 19.6 Å². The van der Waals surface area contributed by atoms with Crippen molar-refractivity contribution in [3.8, 4) is 0 Å². The minimum atomic E-state index is -1.17. The van der Waals surface area contributed by atoms with Crippen LogP contribution in [0.1, 0.15) is 26.5 Å². The first-order valence-electron chi connectivity index (χ1n) is 6.28. The molecule has 2 heterocycles. The van der Waals surface area contributed by atoms with Gasteiger partial charge in [0.05, 0.1) is 6.33 Å². The lowest BCUT2D eigenvalue weighted by Gasteiger charge is -2.28. The molecule has 0 saturated heterocycles. The summed E-state index contributed by atoms with van der Waals surface area (Å²) in [6, 6.07) is 9.63. The molecule has 0 atom stereocenters. The van der Waals surface area contributed by atoms with Crippen molar-refractivity contribution in [2.45, 2.75) is 13.1 Å². The number of rotatable bonds is 3. The average molecular weight is 271 g/mol. The number of imidazole rings is 1. The molecule has 6 nitrogen and oxygen atoms in total. The molecule has 1 aromatic carbocycles. The molecule has 2 aromatic rings. The van der Waals surface area contributed by atoms with Gasteiger partial charge in [-0.1, -0.05) is 30.3 Å². The Bertz CT molecular complexity index is 664. The van der Waals surface area contributed by atoms with E-state index in [1.807, 2.05) is 30.3 Å². The number of carboxylic acids is 1. The number of nitrogens with zero attached hydrogens (tertiary/aromatic N) is 3. The van der Waals surface area contributed by atoms with E-state index in [1.165, 1.54) is 6.33 Å². The Morgan fingerprint density at radius 3 is 2.70 bits per heavy atom. The van der Waals surface area contributed by atoms with Crippen molar-refractivity contribution >= 4 is 11.9 Å². The Morgan fingerprint density at radius 2 is 2.00 bits per heavy atom. The monoisotopic (exact) mass is 271 g/mol. The van der Waals surface area contributed by atoms with E-state index in [-0.39, 0.29) is 17.3 Å². The molecule has 0 bridgehead atoms. The normalized spacial score (nSPS) is 14.2. The topological polar surface area (TPSA) is 75.4 Å². The van der Waals surface area contributed by atoms with E-state index in [0.717, 1.165) is 5.56 Å². The zero-order valence-electron chi connectivity index (χ0n) is 10.7. The maximum Gasteiger partial charge on any atom is 0.356 e. The van der Waals surface area contributed by atoms with Crippen LogP contribution in [-0.4, -0.2) is 38.0 Å². The average Bonchev–Trinajstić information content (AvgIpc) is 2.88. The lowest BCUT2D eigenvalue weighted by Crippen LogP contribution is -2.40. The van der Waals surface area contributed by atoms with Crippen LogP contribution in [0.3, 0.4) is 0 Å². The third kappa shape index (κ3) is 2.05. The Kier molecular flexibility index (Phi) is 2.98. The van der Waals surface area contributed by atoms with Crippen molar-refractivity contribution in [1.82, 2.24) is 14.5 Å². The summed E-state index contributed by atoms with van der Waals surface area (Å²) < 4.78 is 1.60. The summed E-state index contributed by atoms with van der Waals surface area (Å²) in [7, 11) is 0. The fourth-order valence-corrected chi connectivity index (χ4v) is 2.37. The second kappa shape index (κ2) is 4.80. The fourth-order valence-electron chi connectivity index (χ4n) is 2.37. The Balaban J connectivity index is 1.89. The highest BCUT2D eigenvalue weighted by Gasteiger charge is 2.30. The van der Waals surface area contributed by atoms with Crippen LogP contribution in [0.4, 0.5) is 0 Å². The van der Waals surface area contributed by atoms with E-state index < -0.39 is 5.97 Å². The highest BCUT2D eigenvalue weighted by molar-refractivity contribution is 6.02. The number of hydrogen-bond acceptors (Lipinski definition) is 3. The molecule has 1 aromatic heterocycles. The minimum Gasteiger partial charge on any atom is -0.476 e. The van der Waals surface area contributed by atoms with Gasteiger partial charge in [-0.25, -0.2) is 9.78 Å². The largest absolute Gasteiger partial charge is 0.476 e. The quantitative estimate of drug-likeness (QED) is 0.911. The van der Waals surface area contributed by atoms with Crippen LogP contribution < -0.4 is 0 Å². The van der Waals surface area contributed by atoms with Crippen LogP contribution in [0.25, 0.3) is 0 Å². The molecular formula is C14H13N3O3. The van der Waals surface area contributed by atoms with Crippen molar-refractivity contribution in [3.05, 3.63) is 53.6 Å². The SMILES string of the molecule is O=C(O)c1ncn2c1C(=O)N(Cc1ccccc1)CC2. The van der Waals surface area contributed by atoms with E-state index in [9.17, 15) is 9.59 Å². The smallest absolute Gasteiger partial charge is 0.356 e. The van der Waals surface area contributed by atoms with E-state index in [0.29, 0.717) is 19.6 Å². The van der Waals surface area contributed by atoms with Gasteiger partial charge in [-0.3, -0.25) is 4.79 Å². The van der Waals surface area contributed by atoms with E-state index >= 15 is 0 Å². The third-order valence-corrected chi connectivity index (χ3v) is 3.36. The predicted molar refractivity (Wildman–Crippen MR) is 70.4 cm³/mol. The zero-order chi connectivity index (χ0) is 14.1. The van der Waals surface area contributed by atoms with Crippen LogP contribution in [0.5, 0.6) is 0 Å². The number of aromatic nitrogens is 2. The van der Waals surface area contributed by atoms with Gasteiger partial charge in [0.25, 0.3) is 5.91 Å². The van der Waals surface area contributed by atoms with Crippen LogP contribution >= 0.6 is 0 Å².